The van der Waals surface area contributed by atoms with Crippen LogP contribution in [0.5, 0.6) is 0 Å². The Morgan fingerprint density at radius 1 is 1.25 bits per heavy atom. The highest BCUT2D eigenvalue weighted by Gasteiger charge is 2.89. The standard InChI is InChI=1S/C10H13Cl2FN3O13P3/c11-2-9-7(27-31(22,23)29-32(24,25)28-30(19,20)21)10(9,18)4(12)6(26-9)16-1-3(13)5(14)15-8(16)17/h1,4,6-7,18H,2H2,(H,22,23)(H,24,25)(H2,14,15,17)(H2,19,20,21)/t4-,6+,7?,9+,10+/m0/s1. The summed E-state index contributed by atoms with van der Waals surface area (Å²) >= 11 is 11.9. The van der Waals surface area contributed by atoms with Crippen molar-refractivity contribution < 1.29 is 60.6 Å². The first-order chi connectivity index (χ1) is 14.4. The molecule has 1 aliphatic carbocycles. The predicted molar refractivity (Wildman–Crippen MR) is 99.8 cm³/mol. The van der Waals surface area contributed by atoms with Crippen LogP contribution in [0.25, 0.3) is 0 Å². The van der Waals surface area contributed by atoms with Crippen LogP contribution in [0.3, 0.4) is 0 Å². The molecular weight excluding hydrogens is 553 g/mol. The molecule has 1 aromatic rings. The average molecular weight is 566 g/mol. The van der Waals surface area contributed by atoms with Crippen molar-refractivity contribution in [1.29, 1.82) is 0 Å². The van der Waals surface area contributed by atoms with Crippen molar-refractivity contribution in [3.05, 3.63) is 22.5 Å². The molecule has 1 saturated carbocycles. The number of hydrogen-bond acceptors (Lipinski definition) is 11. The second-order valence-corrected chi connectivity index (χ2v) is 11.6. The van der Waals surface area contributed by atoms with E-state index in [0.29, 0.717) is 10.8 Å². The normalized spacial score (nSPS) is 35.7. The van der Waals surface area contributed by atoms with Crippen LogP contribution in [0.1, 0.15) is 6.23 Å². The minimum Gasteiger partial charge on any atom is -0.382 e. The van der Waals surface area contributed by atoms with Gasteiger partial charge in [-0.15, -0.1) is 23.2 Å². The Morgan fingerprint density at radius 3 is 2.34 bits per heavy atom. The third-order valence-corrected chi connectivity index (χ3v) is 9.23. The summed E-state index contributed by atoms with van der Waals surface area (Å²) in [5.41, 5.74) is -0.478. The Labute approximate surface area is 186 Å². The van der Waals surface area contributed by atoms with E-state index < -0.39 is 75.6 Å². The van der Waals surface area contributed by atoms with Crippen molar-refractivity contribution in [2.75, 3.05) is 11.6 Å². The molecule has 0 amide bonds. The fraction of sp³-hybridized carbons (Fsp3) is 0.600. The van der Waals surface area contributed by atoms with Crippen LogP contribution < -0.4 is 11.4 Å². The quantitative estimate of drug-likeness (QED) is 0.172. The van der Waals surface area contributed by atoms with Gasteiger partial charge in [0.2, 0.25) is 0 Å². The number of fused-ring (bicyclic) bond motifs is 1. The van der Waals surface area contributed by atoms with Crippen LogP contribution in [-0.4, -0.2) is 62.8 Å². The smallest absolute Gasteiger partial charge is 0.382 e. The van der Waals surface area contributed by atoms with Gasteiger partial charge in [0.1, 0.15) is 22.7 Å². The van der Waals surface area contributed by atoms with E-state index >= 15 is 0 Å². The summed E-state index contributed by atoms with van der Waals surface area (Å²) in [7, 11) is -17.1. The number of nitrogens with zero attached hydrogens (tertiary/aromatic N) is 2. The van der Waals surface area contributed by atoms with Crippen molar-refractivity contribution >= 4 is 52.5 Å². The first-order valence-electron chi connectivity index (χ1n) is 7.86. The number of phosphoric ester groups is 1. The lowest BCUT2D eigenvalue weighted by Gasteiger charge is -2.25. The van der Waals surface area contributed by atoms with E-state index in [9.17, 15) is 37.8 Å². The van der Waals surface area contributed by atoms with Gasteiger partial charge in [0.15, 0.2) is 17.9 Å². The zero-order valence-corrected chi connectivity index (χ0v) is 19.2. The summed E-state index contributed by atoms with van der Waals surface area (Å²) in [6.07, 6.45) is -2.95. The maximum atomic E-state index is 13.7. The fourth-order valence-corrected chi connectivity index (χ4v) is 7.30. The zero-order valence-electron chi connectivity index (χ0n) is 15.0. The van der Waals surface area contributed by atoms with Crippen molar-refractivity contribution in [1.82, 2.24) is 9.55 Å². The first kappa shape index (κ1) is 26.1. The van der Waals surface area contributed by atoms with E-state index in [2.05, 4.69) is 18.1 Å². The largest absolute Gasteiger partial charge is 0.490 e. The third kappa shape index (κ3) is 4.44. The summed E-state index contributed by atoms with van der Waals surface area (Å²) in [6.45, 7) is 0. The highest BCUT2D eigenvalue weighted by Crippen LogP contribution is 2.72. The van der Waals surface area contributed by atoms with Crippen molar-refractivity contribution in [2.24, 2.45) is 0 Å². The number of anilines is 1. The maximum absolute atomic E-state index is 13.7. The molecule has 0 spiro atoms. The minimum atomic E-state index is -5.84. The van der Waals surface area contributed by atoms with Gasteiger partial charge in [-0.25, -0.2) is 22.9 Å². The molecule has 3 rings (SSSR count). The Bertz CT molecular complexity index is 1140. The molecule has 1 saturated heterocycles. The number of ether oxygens (including phenoxy) is 1. The molecule has 182 valence electrons. The molecule has 1 aromatic heterocycles. The van der Waals surface area contributed by atoms with Crippen LogP contribution >= 0.6 is 46.7 Å². The Hall–Kier alpha value is -0.480. The number of nitrogen functional groups attached to an aromatic ring is 1. The molecule has 2 aliphatic rings. The van der Waals surface area contributed by atoms with E-state index in [1.54, 1.807) is 0 Å². The topological polar surface area (TPSA) is 250 Å². The molecule has 2 fully saturated rings. The van der Waals surface area contributed by atoms with E-state index in [-0.39, 0.29) is 0 Å². The Kier molecular flexibility index (Phi) is 6.56. The van der Waals surface area contributed by atoms with Gasteiger partial charge in [-0.3, -0.25) is 9.09 Å². The van der Waals surface area contributed by atoms with Gasteiger partial charge < -0.3 is 35.2 Å². The molecule has 16 nitrogen and oxygen atoms in total. The van der Waals surface area contributed by atoms with Crippen LogP contribution in [0.2, 0.25) is 0 Å². The molecule has 2 heterocycles. The lowest BCUT2D eigenvalue weighted by atomic mass is 10.2. The van der Waals surface area contributed by atoms with Gasteiger partial charge in [0, 0.05) is 0 Å². The highest BCUT2D eigenvalue weighted by atomic mass is 35.5. The van der Waals surface area contributed by atoms with E-state index in [4.69, 9.17) is 43.5 Å². The lowest BCUT2D eigenvalue weighted by Crippen LogP contribution is -2.38. The van der Waals surface area contributed by atoms with Crippen LogP contribution in [0.15, 0.2) is 11.0 Å². The Balaban J connectivity index is 1.84. The van der Waals surface area contributed by atoms with Crippen LogP contribution in [-0.2, 0) is 31.6 Å². The summed E-state index contributed by atoms with van der Waals surface area (Å²) in [5.74, 6) is -2.55. The maximum Gasteiger partial charge on any atom is 0.490 e. The number of nitrogens with two attached hydrogens (primary N) is 1. The van der Waals surface area contributed by atoms with Gasteiger partial charge in [0.25, 0.3) is 0 Å². The van der Waals surface area contributed by atoms with Crippen molar-refractivity contribution in [3.63, 3.8) is 0 Å². The van der Waals surface area contributed by atoms with E-state index in [1.807, 2.05) is 0 Å². The molecule has 3 unspecified atom stereocenters. The summed E-state index contributed by atoms with van der Waals surface area (Å²) in [5, 5.41) is 9.15. The predicted octanol–water partition coefficient (Wildman–Crippen LogP) is -0.465. The molecule has 7 atom stereocenters. The van der Waals surface area contributed by atoms with E-state index in [1.165, 1.54) is 0 Å². The highest BCUT2D eigenvalue weighted by molar-refractivity contribution is 7.66. The monoisotopic (exact) mass is 565 g/mol. The summed E-state index contributed by atoms with van der Waals surface area (Å²) in [6, 6.07) is 0. The molecule has 7 N–H and O–H groups in total. The van der Waals surface area contributed by atoms with Gasteiger partial charge in [-0.2, -0.15) is 13.6 Å². The number of hydrogen-bond donors (Lipinski definition) is 6. The van der Waals surface area contributed by atoms with Crippen molar-refractivity contribution in [3.8, 4) is 0 Å². The first-order valence-corrected chi connectivity index (χ1v) is 13.3. The number of phosphoric acid groups is 3. The van der Waals surface area contributed by atoms with Gasteiger partial charge in [-0.05, 0) is 0 Å². The molecule has 0 radical (unpaired) electrons. The number of rotatable bonds is 8. The summed E-state index contributed by atoms with van der Waals surface area (Å²) < 4.78 is 65.6. The number of aliphatic hydroxyl groups is 1. The fourth-order valence-electron chi connectivity index (χ4n) is 3.15. The molecule has 1 aliphatic heterocycles. The number of alkyl halides is 2. The second kappa shape index (κ2) is 8.04. The average Bonchev–Trinajstić information content (AvgIpc) is 2.98. The van der Waals surface area contributed by atoms with Crippen LogP contribution in [0.4, 0.5) is 10.2 Å². The van der Waals surface area contributed by atoms with E-state index in [0.717, 1.165) is 0 Å². The SMILES string of the molecule is Nc1nc(=O)n([C@@H]2O[C@]3(CCl)C(OP(=O)(O)OP(=O)(O)OP(=O)(O)O)[C@]3(O)[C@H]2Cl)cc1F. The van der Waals surface area contributed by atoms with Crippen molar-refractivity contribution in [2.45, 2.75) is 28.9 Å². The third-order valence-electron chi connectivity index (χ3n) is 4.48. The lowest BCUT2D eigenvalue weighted by molar-refractivity contribution is -0.0554. The molecule has 32 heavy (non-hydrogen) atoms. The van der Waals surface area contributed by atoms with Crippen LogP contribution in [0, 0.1) is 5.82 Å². The number of halogens is 3. The molecule has 0 aromatic carbocycles. The zero-order chi connectivity index (χ0) is 24.5. The summed E-state index contributed by atoms with van der Waals surface area (Å²) in [4.78, 5) is 51.1. The molecular formula is C10H13Cl2FN3O13P3. The second-order valence-electron chi connectivity index (χ2n) is 6.50. The number of aromatic nitrogens is 2. The minimum absolute atomic E-state index is 0.531. The van der Waals surface area contributed by atoms with Gasteiger partial charge >= 0.3 is 29.2 Å². The molecule has 22 heteroatoms. The Morgan fingerprint density at radius 2 is 1.84 bits per heavy atom. The molecule has 0 bridgehead atoms. The van der Waals surface area contributed by atoms with Gasteiger partial charge in [0.05, 0.1) is 12.1 Å². The van der Waals surface area contributed by atoms with Gasteiger partial charge in [-0.1, -0.05) is 0 Å².